The molecule has 0 radical (unpaired) electrons. The molecule has 0 bridgehead atoms. The highest BCUT2D eigenvalue weighted by Gasteiger charge is 2.50. The highest BCUT2D eigenvalue weighted by molar-refractivity contribution is 6.99. The van der Waals surface area contributed by atoms with E-state index in [2.05, 4.69) is 69.1 Å². The number of amides is 1. The normalized spacial score (nSPS) is 15.9. The molecule has 368 valence electrons. The van der Waals surface area contributed by atoms with Crippen molar-refractivity contribution in [2.24, 2.45) is 5.92 Å². The third-order valence-corrected chi connectivity index (χ3v) is 17.7. The second-order valence-electron chi connectivity index (χ2n) is 20.4. The topological polar surface area (TPSA) is 113 Å². The molecule has 4 rings (SSSR count). The van der Waals surface area contributed by atoms with Crippen LogP contribution < -0.4 is 20.4 Å². The van der Waals surface area contributed by atoms with E-state index in [-0.39, 0.29) is 31.1 Å². The molecule has 1 amide bonds. The number of unbranched alkanes of at least 4 members (excludes halogenated alkanes) is 8. The van der Waals surface area contributed by atoms with E-state index in [1.807, 2.05) is 72.8 Å². The number of ether oxygens (including phenoxy) is 4. The largest absolute Gasteiger partial charge is 0.481 e. The highest BCUT2D eigenvalue weighted by atomic mass is 28.4. The van der Waals surface area contributed by atoms with Gasteiger partial charge in [0.2, 0.25) is 5.91 Å². The molecule has 2 N–H and O–H groups in total. The van der Waals surface area contributed by atoms with Crippen LogP contribution in [0.25, 0.3) is 0 Å². The Morgan fingerprint density at radius 3 is 1.91 bits per heavy atom. The summed E-state index contributed by atoms with van der Waals surface area (Å²) in [4.78, 5) is 28.5. The van der Waals surface area contributed by atoms with Gasteiger partial charge in [-0.25, -0.2) is 4.79 Å². The van der Waals surface area contributed by atoms with Crippen molar-refractivity contribution in [3.8, 4) is 17.6 Å². The van der Waals surface area contributed by atoms with Crippen LogP contribution in [0.4, 0.5) is 0 Å². The number of rotatable bonds is 28. The molecular weight excluding hydrogens is 855 g/mol. The Morgan fingerprint density at radius 2 is 1.37 bits per heavy atom. The molecule has 1 aliphatic rings. The summed E-state index contributed by atoms with van der Waals surface area (Å²) in [5.74, 6) is 3.93. The van der Waals surface area contributed by atoms with Gasteiger partial charge in [0.25, 0.3) is 8.32 Å². The fraction of sp³-hybridized carbons (Fsp3) is 0.579. The van der Waals surface area contributed by atoms with Gasteiger partial charge < -0.3 is 33.8 Å². The van der Waals surface area contributed by atoms with E-state index in [0.29, 0.717) is 19.0 Å². The zero-order valence-electron chi connectivity index (χ0n) is 42.4. The third-order valence-electron chi connectivity index (χ3n) is 12.6. The summed E-state index contributed by atoms with van der Waals surface area (Å²) in [7, 11) is -2.93. The van der Waals surface area contributed by atoms with Gasteiger partial charge in [0.1, 0.15) is 24.0 Å². The van der Waals surface area contributed by atoms with E-state index >= 15 is 0 Å². The van der Waals surface area contributed by atoms with Gasteiger partial charge in [-0.05, 0) is 99.8 Å². The number of esters is 1. The molecule has 10 heteroatoms. The Morgan fingerprint density at radius 1 is 0.806 bits per heavy atom. The highest BCUT2D eigenvalue weighted by Crippen LogP contribution is 2.38. The molecule has 0 saturated carbocycles. The Bertz CT molecular complexity index is 1950. The van der Waals surface area contributed by atoms with E-state index in [0.717, 1.165) is 67.3 Å². The molecule has 3 aromatic rings. The lowest BCUT2D eigenvalue weighted by molar-refractivity contribution is -0.168. The summed E-state index contributed by atoms with van der Waals surface area (Å²) in [5, 5.41) is 17.5. The maximum atomic E-state index is 14.7. The standard InChI is InChI=1S/C57H83NO8Si/c1-10-12-14-18-27-38-57(63-43-44-64-57)39-28-19-16-15-17-26-33-50(52(59)58-51(53(60)66-54(3,4)5)45-46-34-36-47(37-35-46)62-41-13-11-2)56(9,61)40-42-65-67(55(6,7)8,48-29-22-20-23-30-48)49-31-24-21-25-32-49/h20-26,29-37,50-51,61H,10,12,14-19,27-28,38-45H2,1-9H3,(H,58,59)/b33-26+/t50-,51+,56+/m1/s1. The van der Waals surface area contributed by atoms with Crippen molar-refractivity contribution in [1.29, 1.82) is 0 Å². The zero-order valence-corrected chi connectivity index (χ0v) is 43.4. The van der Waals surface area contributed by atoms with Crippen LogP contribution in [-0.2, 0) is 34.6 Å². The molecule has 67 heavy (non-hydrogen) atoms. The molecule has 0 aliphatic carbocycles. The molecule has 0 spiro atoms. The lowest BCUT2D eigenvalue weighted by Crippen LogP contribution is -2.66. The molecule has 3 atom stereocenters. The second kappa shape index (κ2) is 27.1. The first-order valence-electron chi connectivity index (χ1n) is 25.0. The van der Waals surface area contributed by atoms with Gasteiger partial charge in [0.05, 0.1) is 24.7 Å². The minimum atomic E-state index is -2.93. The van der Waals surface area contributed by atoms with Crippen LogP contribution in [0.5, 0.6) is 5.75 Å². The molecule has 1 heterocycles. The Labute approximate surface area is 405 Å². The predicted molar refractivity (Wildman–Crippen MR) is 274 cm³/mol. The van der Waals surface area contributed by atoms with E-state index < -0.39 is 49.1 Å². The van der Waals surface area contributed by atoms with Crippen molar-refractivity contribution < 1.29 is 38.1 Å². The summed E-state index contributed by atoms with van der Waals surface area (Å²) in [6, 6.07) is 27.2. The van der Waals surface area contributed by atoms with Crippen LogP contribution >= 0.6 is 0 Å². The predicted octanol–water partition coefficient (Wildman–Crippen LogP) is 10.8. The van der Waals surface area contributed by atoms with Crippen LogP contribution in [0.1, 0.15) is 151 Å². The third kappa shape index (κ3) is 17.7. The first-order valence-corrected chi connectivity index (χ1v) is 26.9. The fourth-order valence-corrected chi connectivity index (χ4v) is 13.6. The van der Waals surface area contributed by atoms with Gasteiger partial charge in [0.15, 0.2) is 5.79 Å². The van der Waals surface area contributed by atoms with Gasteiger partial charge in [-0.2, -0.15) is 0 Å². The van der Waals surface area contributed by atoms with E-state index in [4.69, 9.17) is 23.4 Å². The number of nitrogens with one attached hydrogen (secondary N) is 1. The van der Waals surface area contributed by atoms with E-state index in [1.165, 1.54) is 25.7 Å². The first kappa shape index (κ1) is 55.4. The van der Waals surface area contributed by atoms with E-state index in [1.54, 1.807) is 34.6 Å². The zero-order chi connectivity index (χ0) is 48.8. The minimum absolute atomic E-state index is 0.172. The summed E-state index contributed by atoms with van der Waals surface area (Å²) in [6.45, 7) is 19.6. The van der Waals surface area contributed by atoms with Crippen LogP contribution in [-0.4, -0.2) is 74.8 Å². The van der Waals surface area contributed by atoms with Crippen molar-refractivity contribution >= 4 is 30.6 Å². The quantitative estimate of drug-likeness (QED) is 0.0243. The smallest absolute Gasteiger partial charge is 0.329 e. The second-order valence-corrected chi connectivity index (χ2v) is 24.7. The molecule has 0 unspecified atom stereocenters. The Balaban J connectivity index is 1.54. The number of carbonyl (C=O) groups excluding carboxylic acids is 2. The fourth-order valence-electron chi connectivity index (χ4n) is 9.03. The van der Waals surface area contributed by atoms with Gasteiger partial charge in [-0.3, -0.25) is 4.79 Å². The lowest BCUT2D eigenvalue weighted by Gasteiger charge is -2.43. The summed E-state index contributed by atoms with van der Waals surface area (Å²) < 4.78 is 31.1. The van der Waals surface area contributed by atoms with Crippen molar-refractivity contribution in [2.45, 2.75) is 180 Å². The molecule has 1 fully saturated rings. The molecule has 3 aromatic carbocycles. The van der Waals surface area contributed by atoms with Gasteiger partial charge >= 0.3 is 5.97 Å². The summed E-state index contributed by atoms with van der Waals surface area (Å²) >= 11 is 0. The van der Waals surface area contributed by atoms with Crippen LogP contribution in [0, 0.1) is 17.8 Å². The number of carbonyl (C=O) groups is 2. The van der Waals surface area contributed by atoms with E-state index in [9.17, 15) is 14.7 Å². The van der Waals surface area contributed by atoms with Crippen molar-refractivity contribution in [3.05, 3.63) is 103 Å². The Kier molecular flexibility index (Phi) is 22.4. The maximum Gasteiger partial charge on any atom is 0.329 e. The molecule has 1 saturated heterocycles. The average Bonchev–Trinajstić information content (AvgIpc) is 3.75. The number of allylic oxidation sites excluding steroid dienone is 1. The van der Waals surface area contributed by atoms with Crippen molar-refractivity contribution in [3.63, 3.8) is 0 Å². The van der Waals surface area contributed by atoms with Crippen LogP contribution in [0.2, 0.25) is 5.04 Å². The van der Waals surface area contributed by atoms with Crippen molar-refractivity contribution in [1.82, 2.24) is 5.32 Å². The van der Waals surface area contributed by atoms with Gasteiger partial charge in [-0.1, -0.05) is 157 Å². The maximum absolute atomic E-state index is 14.7. The average molecular weight is 938 g/mol. The minimum Gasteiger partial charge on any atom is -0.481 e. The molecule has 9 nitrogen and oxygen atoms in total. The SMILES string of the molecule is CC#CCOc1ccc(C[C@H](NC(=O)[C@@H](/C=C/CCCCCCC2(CCCCCCC)OCCO2)[C@@](C)(O)CCO[Si](c2ccccc2)(c2ccccc2)C(C)(C)C)C(=O)OC(C)(C)C)cc1. The van der Waals surface area contributed by atoms with Gasteiger partial charge in [-0.15, -0.1) is 5.92 Å². The van der Waals surface area contributed by atoms with Crippen molar-refractivity contribution in [2.75, 3.05) is 26.4 Å². The van der Waals surface area contributed by atoms with Gasteiger partial charge in [0, 0.05) is 25.9 Å². The lowest BCUT2D eigenvalue weighted by atomic mass is 9.84. The molecular formula is C57H83NO8Si. The molecule has 0 aromatic heterocycles. The number of benzene rings is 3. The number of hydrogen-bond donors (Lipinski definition) is 2. The monoisotopic (exact) mass is 938 g/mol. The van der Waals surface area contributed by atoms with Crippen LogP contribution in [0.15, 0.2) is 97.1 Å². The van der Waals surface area contributed by atoms with Crippen LogP contribution in [0.3, 0.4) is 0 Å². The number of aliphatic hydroxyl groups is 1. The number of hydrogen-bond acceptors (Lipinski definition) is 8. The summed E-state index contributed by atoms with van der Waals surface area (Å²) in [6.07, 6.45) is 16.9. The summed E-state index contributed by atoms with van der Waals surface area (Å²) in [5.41, 5.74) is -1.52. The molecule has 1 aliphatic heterocycles. The first-order chi connectivity index (χ1) is 32.0. The Hall–Kier alpha value is -4.24.